The lowest BCUT2D eigenvalue weighted by Gasteiger charge is -2.40. The van der Waals surface area contributed by atoms with Gasteiger partial charge in [-0.15, -0.1) is 0 Å². The summed E-state index contributed by atoms with van der Waals surface area (Å²) < 4.78 is 50.1. The maximum Gasteiger partial charge on any atom is 0.410 e. The van der Waals surface area contributed by atoms with Gasteiger partial charge >= 0.3 is 6.09 Å². The maximum atomic E-state index is 16.7. The lowest BCUT2D eigenvalue weighted by Crippen LogP contribution is -2.56. The molecule has 1 N–H and O–H groups in total. The number of carbonyl (C=O) groups is 1. The highest BCUT2D eigenvalue weighted by Gasteiger charge is 2.38. The Labute approximate surface area is 255 Å². The van der Waals surface area contributed by atoms with Crippen LogP contribution in [-0.4, -0.2) is 63.9 Å². The summed E-state index contributed by atoms with van der Waals surface area (Å²) >= 11 is 6.81. The minimum absolute atomic E-state index is 0.0412. The molecular formula is C32H36ClF2N3O5. The average Bonchev–Trinajstić information content (AvgIpc) is 3.11. The van der Waals surface area contributed by atoms with Crippen molar-refractivity contribution in [1.29, 1.82) is 0 Å². The molecule has 1 aromatic heterocycles. The highest BCUT2D eigenvalue weighted by atomic mass is 35.5. The van der Waals surface area contributed by atoms with Gasteiger partial charge in [-0.1, -0.05) is 31.5 Å². The van der Waals surface area contributed by atoms with Crippen molar-refractivity contribution in [2.24, 2.45) is 0 Å². The molecule has 0 radical (unpaired) electrons. The van der Waals surface area contributed by atoms with Crippen molar-refractivity contribution in [1.82, 2.24) is 14.8 Å². The first kappa shape index (κ1) is 30.8. The van der Waals surface area contributed by atoms with Crippen molar-refractivity contribution < 1.29 is 32.9 Å². The molecule has 0 aliphatic carbocycles. The van der Waals surface area contributed by atoms with Gasteiger partial charge in [0, 0.05) is 32.4 Å². The fraction of sp³-hybridized carbons (Fsp3) is 0.438. The van der Waals surface area contributed by atoms with Gasteiger partial charge in [-0.25, -0.2) is 13.6 Å². The van der Waals surface area contributed by atoms with Gasteiger partial charge in [0.1, 0.15) is 29.5 Å². The van der Waals surface area contributed by atoms with Gasteiger partial charge in [-0.3, -0.25) is 9.88 Å². The number of ether oxygens (including phenoxy) is 3. The van der Waals surface area contributed by atoms with E-state index in [1.807, 2.05) is 41.5 Å². The van der Waals surface area contributed by atoms with Crippen LogP contribution in [0.2, 0.25) is 5.02 Å². The van der Waals surface area contributed by atoms with Crippen LogP contribution in [0.3, 0.4) is 0 Å². The zero-order chi connectivity index (χ0) is 31.2. The van der Waals surface area contributed by atoms with E-state index >= 15 is 8.78 Å². The molecule has 3 aromatic rings. The number of phenolic OH excluding ortho intramolecular Hbond substituents is 1. The lowest BCUT2D eigenvalue weighted by molar-refractivity contribution is -0.00160. The summed E-state index contributed by atoms with van der Waals surface area (Å²) in [6.07, 6.45) is 1.24. The Morgan fingerprint density at radius 3 is 2.58 bits per heavy atom. The molecule has 3 heterocycles. The van der Waals surface area contributed by atoms with Crippen LogP contribution < -0.4 is 9.47 Å². The van der Waals surface area contributed by atoms with Crippen LogP contribution in [0.1, 0.15) is 57.4 Å². The zero-order valence-corrected chi connectivity index (χ0v) is 25.9. The molecule has 43 heavy (non-hydrogen) atoms. The molecule has 1 saturated heterocycles. The second-order valence-electron chi connectivity index (χ2n) is 12.2. The lowest BCUT2D eigenvalue weighted by atomic mass is 9.98. The van der Waals surface area contributed by atoms with E-state index in [2.05, 4.69) is 9.88 Å². The number of amides is 1. The SMILES string of the molecule is Cc1ccnc(C(C)C)c1Oc1c(F)c(-c2c(O)cccc2F)c(Cl)c2c1CN1CCN(C(=O)OC(C)(C)C)C[C@H]1CO2. The summed E-state index contributed by atoms with van der Waals surface area (Å²) in [6, 6.07) is 5.19. The van der Waals surface area contributed by atoms with Crippen molar-refractivity contribution in [3.63, 3.8) is 0 Å². The van der Waals surface area contributed by atoms with Gasteiger partial charge < -0.3 is 24.2 Å². The normalized spacial score (nSPS) is 17.2. The van der Waals surface area contributed by atoms with Crippen LogP contribution in [0.4, 0.5) is 13.6 Å². The summed E-state index contributed by atoms with van der Waals surface area (Å²) in [4.78, 5) is 21.0. The molecule has 1 atom stereocenters. The predicted octanol–water partition coefficient (Wildman–Crippen LogP) is 7.42. The monoisotopic (exact) mass is 615 g/mol. The van der Waals surface area contributed by atoms with Crippen molar-refractivity contribution in [3.8, 4) is 34.1 Å². The number of rotatable bonds is 4. The summed E-state index contributed by atoms with van der Waals surface area (Å²) in [5.74, 6) is -2.00. The van der Waals surface area contributed by atoms with Crippen molar-refractivity contribution in [3.05, 3.63) is 63.9 Å². The molecule has 5 rings (SSSR count). The number of aryl methyl sites for hydroxylation is 1. The number of aromatic hydroxyl groups is 1. The van der Waals surface area contributed by atoms with E-state index in [1.54, 1.807) is 17.2 Å². The highest BCUT2D eigenvalue weighted by molar-refractivity contribution is 6.35. The van der Waals surface area contributed by atoms with E-state index in [-0.39, 0.29) is 47.2 Å². The Hall–Kier alpha value is -3.63. The molecule has 2 aliphatic rings. The first-order chi connectivity index (χ1) is 20.3. The molecule has 1 fully saturated rings. The van der Waals surface area contributed by atoms with Gasteiger partial charge in [0.2, 0.25) is 0 Å². The molecule has 2 aliphatic heterocycles. The molecule has 0 saturated carbocycles. The number of carbonyl (C=O) groups excluding carboxylic acids is 1. The number of aromatic nitrogens is 1. The summed E-state index contributed by atoms with van der Waals surface area (Å²) in [5.41, 5.74) is 0.288. The third-order valence-corrected chi connectivity index (χ3v) is 7.91. The molecule has 1 amide bonds. The van der Waals surface area contributed by atoms with Gasteiger partial charge in [0.25, 0.3) is 0 Å². The van der Waals surface area contributed by atoms with E-state index in [9.17, 15) is 9.90 Å². The van der Waals surface area contributed by atoms with Crippen LogP contribution in [-0.2, 0) is 11.3 Å². The molecule has 8 nitrogen and oxygen atoms in total. The van der Waals surface area contributed by atoms with Gasteiger partial charge in [0.15, 0.2) is 17.3 Å². The quantitative estimate of drug-likeness (QED) is 0.327. The molecule has 2 aromatic carbocycles. The van der Waals surface area contributed by atoms with Crippen LogP contribution >= 0.6 is 11.6 Å². The number of halogens is 3. The highest BCUT2D eigenvalue weighted by Crippen LogP contribution is 2.51. The number of nitrogens with zero attached hydrogens (tertiary/aromatic N) is 3. The molecular weight excluding hydrogens is 580 g/mol. The van der Waals surface area contributed by atoms with E-state index < -0.39 is 34.6 Å². The van der Waals surface area contributed by atoms with Crippen LogP contribution in [0.25, 0.3) is 11.1 Å². The average molecular weight is 616 g/mol. The minimum Gasteiger partial charge on any atom is -0.507 e. The fourth-order valence-corrected chi connectivity index (χ4v) is 5.76. The minimum atomic E-state index is -0.934. The summed E-state index contributed by atoms with van der Waals surface area (Å²) in [5, 5.41) is 10.4. The number of piperazine rings is 1. The molecule has 0 bridgehead atoms. The largest absolute Gasteiger partial charge is 0.507 e. The topological polar surface area (TPSA) is 84.4 Å². The Bertz CT molecular complexity index is 1540. The van der Waals surface area contributed by atoms with E-state index in [4.69, 9.17) is 25.8 Å². The number of phenols is 1. The Morgan fingerprint density at radius 2 is 1.91 bits per heavy atom. The van der Waals surface area contributed by atoms with E-state index in [0.717, 1.165) is 11.6 Å². The summed E-state index contributed by atoms with van der Waals surface area (Å²) in [6.45, 7) is 12.6. The molecule has 11 heteroatoms. The van der Waals surface area contributed by atoms with Crippen LogP contribution in [0.15, 0.2) is 30.5 Å². The second kappa shape index (κ2) is 11.8. The van der Waals surface area contributed by atoms with Gasteiger partial charge in [-0.2, -0.15) is 0 Å². The van der Waals surface area contributed by atoms with Crippen molar-refractivity contribution >= 4 is 17.7 Å². The standard InChI is InChI=1S/C32H36ClF2N3O5/c1-17(2)27-28(18(3)10-11-36-27)42-30-20-15-37-12-13-38(31(40)43-32(4,5)6)14-19(37)16-41-29(20)25(33)24(26(30)35)23-21(34)8-7-9-22(23)39/h7-11,17,19,39H,12-16H2,1-6H3/t19-/m0/s1. The first-order valence-corrected chi connectivity index (χ1v) is 14.6. The maximum absolute atomic E-state index is 16.7. The molecule has 0 spiro atoms. The van der Waals surface area contributed by atoms with Crippen molar-refractivity contribution in [2.45, 2.75) is 65.6 Å². The van der Waals surface area contributed by atoms with Crippen LogP contribution in [0, 0.1) is 18.6 Å². The third kappa shape index (κ3) is 6.08. The first-order valence-electron chi connectivity index (χ1n) is 14.3. The second-order valence-corrected chi connectivity index (χ2v) is 12.6. The Morgan fingerprint density at radius 1 is 1.16 bits per heavy atom. The Balaban J connectivity index is 1.63. The van der Waals surface area contributed by atoms with Gasteiger partial charge in [-0.05, 0) is 57.4 Å². The summed E-state index contributed by atoms with van der Waals surface area (Å²) in [7, 11) is 0. The zero-order valence-electron chi connectivity index (χ0n) is 25.1. The molecule has 230 valence electrons. The van der Waals surface area contributed by atoms with E-state index in [0.29, 0.717) is 36.6 Å². The predicted molar refractivity (Wildman–Crippen MR) is 159 cm³/mol. The number of hydrogen-bond acceptors (Lipinski definition) is 7. The third-order valence-electron chi connectivity index (χ3n) is 7.55. The molecule has 0 unspecified atom stereocenters. The number of benzene rings is 2. The van der Waals surface area contributed by atoms with Gasteiger partial charge in [0.05, 0.1) is 33.4 Å². The number of fused-ring (bicyclic) bond motifs is 2. The Kier molecular flexibility index (Phi) is 8.46. The number of hydrogen-bond donors (Lipinski definition) is 1. The smallest absolute Gasteiger partial charge is 0.410 e. The number of pyridine rings is 1. The fourth-order valence-electron chi connectivity index (χ4n) is 5.42. The van der Waals surface area contributed by atoms with Crippen LogP contribution in [0.5, 0.6) is 23.0 Å². The van der Waals surface area contributed by atoms with E-state index in [1.165, 1.54) is 12.1 Å². The van der Waals surface area contributed by atoms with Crippen molar-refractivity contribution in [2.75, 3.05) is 26.2 Å².